The van der Waals surface area contributed by atoms with Crippen LogP contribution in [0.5, 0.6) is 0 Å². The molecule has 3 aromatic heterocycles. The monoisotopic (exact) mass is 969 g/mol. The summed E-state index contributed by atoms with van der Waals surface area (Å²) in [5, 5.41) is 0. The Bertz CT molecular complexity index is 2760. The highest BCUT2D eigenvalue weighted by Gasteiger charge is 2.52. The van der Waals surface area contributed by atoms with Crippen LogP contribution in [0.15, 0.2) is 18.2 Å². The van der Waals surface area contributed by atoms with Crippen molar-refractivity contribution in [3.63, 3.8) is 0 Å². The molecule has 1 amide bonds. The van der Waals surface area contributed by atoms with Gasteiger partial charge < -0.3 is 43.3 Å². The van der Waals surface area contributed by atoms with Gasteiger partial charge in [-0.15, -0.1) is 11.8 Å². The first-order valence-electron chi connectivity index (χ1n) is 23.6. The SMILES string of the molecule is CCC1=C(C)c2cc3[nH]c(cc4nc(c5c6[nH]c(cc1n2)c(C)c6C(=O)OC5)[C@@H](CCC(=O)N(C)CCCS[C@@H]1O[C@H](COC(C)=O)[C@@H](OC(C)=O)[C@H](OC(C)=O)[C@H]1OC(C)=O)[C@@H]4C)c(C)c3CC. The first-order valence-corrected chi connectivity index (χ1v) is 24.7. The number of nitrogens with one attached hydrogen (secondary N) is 2. The Labute approximate surface area is 405 Å². The smallest absolute Gasteiger partial charge is 0.340 e. The normalized spacial score (nSPS) is 21.9. The van der Waals surface area contributed by atoms with Crippen LogP contribution in [-0.4, -0.2) is 116 Å². The molecule has 0 saturated carbocycles. The van der Waals surface area contributed by atoms with Gasteiger partial charge in [0.15, 0.2) is 18.3 Å². The van der Waals surface area contributed by atoms with Crippen molar-refractivity contribution in [3.8, 4) is 0 Å². The summed E-state index contributed by atoms with van der Waals surface area (Å²) in [6.45, 7) is 17.4. The maximum atomic E-state index is 14.0. The van der Waals surface area contributed by atoms with E-state index in [9.17, 15) is 28.8 Å². The van der Waals surface area contributed by atoms with Gasteiger partial charge in [0.1, 0.15) is 24.8 Å². The molecule has 0 radical (unpaired) electrons. The van der Waals surface area contributed by atoms with Crippen molar-refractivity contribution in [2.75, 3.05) is 26.0 Å². The van der Waals surface area contributed by atoms with Crippen molar-refractivity contribution < 1.29 is 57.2 Å². The minimum absolute atomic E-state index is 0.0321. The van der Waals surface area contributed by atoms with E-state index in [0.29, 0.717) is 36.2 Å². The van der Waals surface area contributed by atoms with Gasteiger partial charge in [-0.2, -0.15) is 0 Å². The number of amides is 1. The number of thioether (sulfide) groups is 1. The van der Waals surface area contributed by atoms with E-state index >= 15 is 0 Å². The number of H-pyrrole nitrogens is 2. The van der Waals surface area contributed by atoms with Gasteiger partial charge in [-0.25, -0.2) is 9.78 Å². The second kappa shape index (κ2) is 21.3. The van der Waals surface area contributed by atoms with Crippen LogP contribution >= 0.6 is 11.8 Å². The van der Waals surface area contributed by atoms with Crippen LogP contribution in [-0.2, 0) is 65.4 Å². The molecule has 7 atom stereocenters. The lowest BCUT2D eigenvalue weighted by molar-refractivity contribution is -0.237. The molecule has 3 aromatic rings. The van der Waals surface area contributed by atoms with E-state index in [2.05, 4.69) is 56.7 Å². The highest BCUT2D eigenvalue weighted by Crippen LogP contribution is 2.44. The van der Waals surface area contributed by atoms with Crippen molar-refractivity contribution >= 4 is 80.7 Å². The molecule has 0 aromatic carbocycles. The molecule has 7 rings (SSSR count). The molecule has 8 bridgehead atoms. The zero-order valence-corrected chi connectivity index (χ0v) is 42.1. The average molecular weight is 970 g/mol. The lowest BCUT2D eigenvalue weighted by Crippen LogP contribution is -2.61. The predicted molar refractivity (Wildman–Crippen MR) is 259 cm³/mol. The van der Waals surface area contributed by atoms with E-state index in [1.54, 1.807) is 11.9 Å². The summed E-state index contributed by atoms with van der Waals surface area (Å²) in [7, 11) is 1.75. The second-order valence-electron chi connectivity index (χ2n) is 18.1. The van der Waals surface area contributed by atoms with Crippen LogP contribution in [0.25, 0.3) is 33.2 Å². The molecule has 0 spiro atoms. The molecule has 0 aliphatic carbocycles. The van der Waals surface area contributed by atoms with Gasteiger partial charge in [0.25, 0.3) is 0 Å². The number of fused-ring (bicyclic) bond motifs is 8. The van der Waals surface area contributed by atoms with E-state index in [0.717, 1.165) is 80.0 Å². The van der Waals surface area contributed by atoms with E-state index in [4.69, 9.17) is 38.4 Å². The molecule has 1 saturated heterocycles. The summed E-state index contributed by atoms with van der Waals surface area (Å²) in [4.78, 5) is 95.4. The summed E-state index contributed by atoms with van der Waals surface area (Å²) in [6.07, 6.45) is -1.90. The number of hydrogen-bond acceptors (Lipinski definition) is 15. The van der Waals surface area contributed by atoms with E-state index in [-0.39, 0.29) is 37.4 Å². The van der Waals surface area contributed by atoms with Crippen molar-refractivity contribution in [1.29, 1.82) is 0 Å². The van der Waals surface area contributed by atoms with Crippen LogP contribution < -0.4 is 0 Å². The van der Waals surface area contributed by atoms with Gasteiger partial charge in [0.05, 0.1) is 28.2 Å². The topological polar surface area (TPSA) is 218 Å². The summed E-state index contributed by atoms with van der Waals surface area (Å²) < 4.78 is 34.0. The van der Waals surface area contributed by atoms with Crippen molar-refractivity contribution in [2.45, 2.75) is 150 Å². The zero-order chi connectivity index (χ0) is 50.0. The number of aryl methyl sites for hydroxylation is 3. The summed E-state index contributed by atoms with van der Waals surface area (Å²) in [5.74, 6) is -3.01. The number of hydrogen-bond donors (Lipinski definition) is 2. The van der Waals surface area contributed by atoms with Crippen molar-refractivity contribution in [1.82, 2.24) is 24.8 Å². The highest BCUT2D eigenvalue weighted by molar-refractivity contribution is 7.99. The van der Waals surface area contributed by atoms with E-state index in [1.165, 1.54) is 45.0 Å². The number of rotatable bonds is 15. The fourth-order valence-electron chi connectivity index (χ4n) is 9.91. The molecule has 18 heteroatoms. The quantitative estimate of drug-likeness (QED) is 0.0842. The Balaban J connectivity index is 1.14. The van der Waals surface area contributed by atoms with Gasteiger partial charge >= 0.3 is 29.8 Å². The average Bonchev–Trinajstić information content (AvgIpc) is 3.98. The zero-order valence-electron chi connectivity index (χ0n) is 41.3. The standard InChI is InChI=1S/C51H63N5O12S/c1-12-32-24(3)36-19-38-26(5)34(45(54-38)35-22-64-50(62)44-27(6)39(55-46(35)44)21-41-33(13-2)25(4)37(53-41)20-40(32)52-36)15-16-43(61)56(11)17-14-18-69-51-49(67-31(10)60)48(66-30(9)59)47(65-29(8)58)42(68-51)23-63-28(7)57/h19-21,26,34,42,47-49,51-52,55H,12-18,22-23H2,1-11H3/t26-,34-,42+,47+,48-,49+,51-/m0/s1. The van der Waals surface area contributed by atoms with Crippen LogP contribution in [0.1, 0.15) is 148 Å². The lowest BCUT2D eigenvalue weighted by atomic mass is 9.85. The third kappa shape index (κ3) is 10.8. The van der Waals surface area contributed by atoms with Crippen molar-refractivity contribution in [3.05, 3.63) is 68.8 Å². The predicted octanol–water partition coefficient (Wildman–Crippen LogP) is 7.84. The Morgan fingerprint density at radius 2 is 1.49 bits per heavy atom. The van der Waals surface area contributed by atoms with Gasteiger partial charge in [0, 0.05) is 87.4 Å². The van der Waals surface area contributed by atoms with E-state index < -0.39 is 59.7 Å². The van der Waals surface area contributed by atoms with E-state index in [1.807, 2.05) is 13.0 Å². The second-order valence-corrected chi connectivity index (χ2v) is 19.3. The van der Waals surface area contributed by atoms with Gasteiger partial charge in [-0.1, -0.05) is 20.8 Å². The summed E-state index contributed by atoms with van der Waals surface area (Å²) in [5.41, 5.74) is 12.5. The molecule has 0 unspecified atom stereocenters. The largest absolute Gasteiger partial charge is 0.463 e. The molecule has 69 heavy (non-hydrogen) atoms. The Kier molecular flexibility index (Phi) is 15.7. The molecular formula is C51H63N5O12S. The first-order chi connectivity index (χ1) is 32.8. The number of carbonyl (C=O) groups excluding carboxylic acids is 6. The number of aromatic nitrogens is 4. The number of nitrogens with zero attached hydrogens (tertiary/aromatic N) is 3. The highest BCUT2D eigenvalue weighted by atomic mass is 32.2. The third-order valence-electron chi connectivity index (χ3n) is 13.5. The fraction of sp³-hybridized carbons (Fsp3) is 0.529. The molecule has 17 nitrogen and oxygen atoms in total. The summed E-state index contributed by atoms with van der Waals surface area (Å²) >= 11 is 1.27. The first kappa shape index (κ1) is 50.9. The lowest BCUT2D eigenvalue weighted by Gasteiger charge is -2.44. The number of cyclic esters (lactones) is 1. The Morgan fingerprint density at radius 1 is 0.826 bits per heavy atom. The molecule has 1 fully saturated rings. The van der Waals surface area contributed by atoms with Crippen LogP contribution in [0.3, 0.4) is 0 Å². The molecule has 7 heterocycles. The number of esters is 5. The third-order valence-corrected chi connectivity index (χ3v) is 14.7. The van der Waals surface area contributed by atoms with Gasteiger partial charge in [0.2, 0.25) is 5.91 Å². The van der Waals surface area contributed by atoms with Crippen LogP contribution in [0.4, 0.5) is 0 Å². The fourth-order valence-corrected chi connectivity index (χ4v) is 11.1. The number of allylic oxidation sites excluding steroid dienone is 2. The summed E-state index contributed by atoms with van der Waals surface area (Å²) in [6, 6.07) is 6.27. The molecular weight excluding hydrogens is 907 g/mol. The Morgan fingerprint density at radius 3 is 2.16 bits per heavy atom. The molecule has 4 aliphatic heterocycles. The Hall–Kier alpha value is -6.01. The van der Waals surface area contributed by atoms with Gasteiger partial charge in [-0.05, 0) is 98.2 Å². The van der Waals surface area contributed by atoms with Crippen LogP contribution in [0, 0.1) is 13.8 Å². The molecule has 4 aliphatic rings. The maximum absolute atomic E-state index is 14.0. The molecule has 2 N–H and O–H groups in total. The van der Waals surface area contributed by atoms with Crippen molar-refractivity contribution in [2.24, 2.45) is 0 Å². The number of carbonyl (C=O) groups is 6. The minimum atomic E-state index is -1.26. The number of ether oxygens (including phenoxy) is 6. The minimum Gasteiger partial charge on any atom is -0.463 e. The van der Waals surface area contributed by atoms with Crippen LogP contribution in [0.2, 0.25) is 0 Å². The molecule has 370 valence electrons. The number of aromatic amines is 2. The van der Waals surface area contributed by atoms with Gasteiger partial charge in [-0.3, -0.25) is 29.0 Å². The maximum Gasteiger partial charge on any atom is 0.340 e.